The second-order valence-electron chi connectivity index (χ2n) is 14.9. The Morgan fingerprint density at radius 1 is 0.448 bits per heavy atom. The van der Waals surface area contributed by atoms with Crippen LogP contribution < -0.4 is 19.3 Å². The van der Waals surface area contributed by atoms with Crippen LogP contribution in [0.5, 0.6) is 11.5 Å². The quantitative estimate of drug-likeness (QED) is 0.0690. The number of anilines is 2. The largest absolute Gasteiger partial charge is 0.497 e. The van der Waals surface area contributed by atoms with Gasteiger partial charge in [0.15, 0.2) is 0 Å². The van der Waals surface area contributed by atoms with Gasteiger partial charge in [-0.25, -0.2) is 0 Å². The summed E-state index contributed by atoms with van der Waals surface area (Å²) in [6.45, 7) is 11.0. The van der Waals surface area contributed by atoms with Crippen LogP contribution in [0, 0.1) is 0 Å². The number of ether oxygens (including phenoxy) is 2. The number of hydrogen-bond donors (Lipinski definition) is 0. The zero-order chi connectivity index (χ0) is 40.6. The molecule has 0 aromatic heterocycles. The molecule has 0 aliphatic carbocycles. The zero-order valence-corrected chi connectivity index (χ0v) is 33.6. The standard InChI is InChI=1S/C48H44N4O6/c1-7-49(8-2)37-23-35-31-19-22-34-42-40(31)36(24-38(50(9-3)10-4)44(42)48(56)52(46(34)54)26-28-13-17-30(58-6)18-14-28)32-20-21-33-41(39(32)35)43(37)47(55)51(45(33)53)25-27-11-15-29(57-5)16-12-27/h11-24H,7-10,25-26H2,1-6H3. The highest BCUT2D eigenvalue weighted by Gasteiger charge is 2.40. The van der Waals surface area contributed by atoms with E-state index in [1.165, 1.54) is 9.80 Å². The zero-order valence-electron chi connectivity index (χ0n) is 33.6. The Hall–Kier alpha value is -6.68. The number of hydrogen-bond acceptors (Lipinski definition) is 8. The first kappa shape index (κ1) is 36.9. The third-order valence-electron chi connectivity index (χ3n) is 12.2. The smallest absolute Gasteiger partial charge is 0.263 e. The fourth-order valence-corrected chi connectivity index (χ4v) is 9.25. The molecule has 0 unspecified atom stereocenters. The first-order chi connectivity index (χ1) is 28.2. The lowest BCUT2D eigenvalue weighted by Crippen LogP contribution is -2.41. The topological polar surface area (TPSA) is 99.7 Å². The molecular formula is C48H44N4O6. The molecule has 7 aromatic carbocycles. The van der Waals surface area contributed by atoms with E-state index in [0.717, 1.165) is 54.8 Å². The predicted octanol–water partition coefficient (Wildman–Crippen LogP) is 9.04. The van der Waals surface area contributed by atoms with Crippen LogP contribution in [-0.4, -0.2) is 73.8 Å². The highest BCUT2D eigenvalue weighted by molar-refractivity contribution is 6.43. The molecule has 4 amide bonds. The summed E-state index contributed by atoms with van der Waals surface area (Å²) in [6.07, 6.45) is 0. The number of imide groups is 2. The molecule has 10 nitrogen and oxygen atoms in total. The van der Waals surface area contributed by atoms with Crippen molar-refractivity contribution in [1.29, 1.82) is 0 Å². The molecule has 0 saturated heterocycles. The Balaban J connectivity index is 1.32. The van der Waals surface area contributed by atoms with E-state index in [9.17, 15) is 19.2 Å². The Bertz CT molecular complexity index is 2650. The van der Waals surface area contributed by atoms with Gasteiger partial charge in [0.05, 0.1) is 49.8 Å². The second-order valence-corrected chi connectivity index (χ2v) is 14.9. The lowest BCUT2D eigenvalue weighted by atomic mass is 9.81. The summed E-state index contributed by atoms with van der Waals surface area (Å²) < 4.78 is 10.7. The molecule has 0 radical (unpaired) electrons. The number of carbonyl (C=O) groups is 4. The van der Waals surface area contributed by atoms with Crippen LogP contribution >= 0.6 is 0 Å². The third kappa shape index (κ3) is 5.31. The summed E-state index contributed by atoms with van der Waals surface area (Å²) in [6, 6.07) is 26.6. The van der Waals surface area contributed by atoms with E-state index in [4.69, 9.17) is 9.47 Å². The molecular weight excluding hydrogens is 729 g/mol. The minimum atomic E-state index is -0.351. The molecule has 58 heavy (non-hydrogen) atoms. The van der Waals surface area contributed by atoms with Gasteiger partial charge >= 0.3 is 0 Å². The van der Waals surface area contributed by atoms with Crippen LogP contribution in [-0.2, 0) is 13.1 Å². The summed E-state index contributed by atoms with van der Waals surface area (Å²) in [5, 5.41) is 6.37. The third-order valence-corrected chi connectivity index (χ3v) is 12.2. The van der Waals surface area contributed by atoms with Crippen molar-refractivity contribution in [3.05, 3.63) is 118 Å². The van der Waals surface area contributed by atoms with Gasteiger partial charge < -0.3 is 19.3 Å². The summed E-state index contributed by atoms with van der Waals surface area (Å²) in [4.78, 5) is 65.8. The van der Waals surface area contributed by atoms with E-state index < -0.39 is 0 Å². The molecule has 0 spiro atoms. The fraction of sp³-hybridized carbons (Fsp3) is 0.250. The van der Waals surface area contributed by atoms with Crippen LogP contribution in [0.1, 0.15) is 80.3 Å². The van der Waals surface area contributed by atoms with Crippen LogP contribution in [0.4, 0.5) is 11.4 Å². The van der Waals surface area contributed by atoms with Gasteiger partial charge in [-0.2, -0.15) is 0 Å². The maximum absolute atomic E-state index is 14.8. The maximum atomic E-state index is 14.8. The Morgan fingerprint density at radius 2 is 0.810 bits per heavy atom. The van der Waals surface area contributed by atoms with Crippen molar-refractivity contribution in [1.82, 2.24) is 9.80 Å². The molecule has 7 aromatic rings. The molecule has 0 bridgehead atoms. The van der Waals surface area contributed by atoms with Gasteiger partial charge in [-0.15, -0.1) is 0 Å². The minimum Gasteiger partial charge on any atom is -0.497 e. The average Bonchev–Trinajstić information content (AvgIpc) is 3.25. The van der Waals surface area contributed by atoms with Crippen LogP contribution in [0.15, 0.2) is 84.9 Å². The fourth-order valence-electron chi connectivity index (χ4n) is 9.25. The van der Waals surface area contributed by atoms with Crippen molar-refractivity contribution < 1.29 is 28.7 Å². The predicted molar refractivity (Wildman–Crippen MR) is 229 cm³/mol. The monoisotopic (exact) mass is 772 g/mol. The SMILES string of the molecule is CCN(CC)c1cc2c3ccc4c5c(c(N(CC)CC)cc(c6ccc7c(c1C(=O)N(Cc1ccc(OC)cc1)C7=O)c62)c53)C(=O)N(Cc1ccc(OC)cc1)C4=O. The molecule has 0 atom stereocenters. The van der Waals surface area contributed by atoms with Gasteiger partial charge in [-0.1, -0.05) is 36.4 Å². The van der Waals surface area contributed by atoms with Crippen molar-refractivity contribution in [2.24, 2.45) is 0 Å². The van der Waals surface area contributed by atoms with Crippen molar-refractivity contribution in [2.75, 3.05) is 50.2 Å². The van der Waals surface area contributed by atoms with Crippen LogP contribution in [0.2, 0.25) is 0 Å². The first-order valence-corrected chi connectivity index (χ1v) is 19.9. The molecule has 0 fully saturated rings. The number of methoxy groups -OCH3 is 2. The normalized spacial score (nSPS) is 13.8. The number of amides is 4. The van der Waals surface area contributed by atoms with Crippen LogP contribution in [0.25, 0.3) is 43.1 Å². The molecule has 10 heteroatoms. The van der Waals surface area contributed by atoms with Crippen molar-refractivity contribution in [2.45, 2.75) is 40.8 Å². The van der Waals surface area contributed by atoms with Gasteiger partial charge in [0.2, 0.25) is 0 Å². The number of nitrogens with zero attached hydrogens (tertiary/aromatic N) is 4. The van der Waals surface area contributed by atoms with Crippen molar-refractivity contribution in [3.8, 4) is 11.5 Å². The molecule has 2 heterocycles. The molecule has 2 aliphatic heterocycles. The van der Waals surface area contributed by atoms with Gasteiger partial charge in [-0.05, 0) is 120 Å². The molecule has 0 N–H and O–H groups in total. The van der Waals surface area contributed by atoms with Gasteiger partial charge in [0.1, 0.15) is 11.5 Å². The number of benzene rings is 7. The first-order valence-electron chi connectivity index (χ1n) is 19.9. The highest BCUT2D eigenvalue weighted by atomic mass is 16.5. The van der Waals surface area contributed by atoms with Crippen LogP contribution in [0.3, 0.4) is 0 Å². The number of fused-ring (bicyclic) bond motifs is 2. The molecule has 9 rings (SSSR count). The van der Waals surface area contributed by atoms with E-state index in [-0.39, 0.29) is 36.7 Å². The molecule has 292 valence electrons. The maximum Gasteiger partial charge on any atom is 0.263 e. The summed E-state index contributed by atoms with van der Waals surface area (Å²) in [7, 11) is 3.20. The Kier molecular flexibility index (Phi) is 8.95. The highest BCUT2D eigenvalue weighted by Crippen LogP contribution is 2.50. The summed E-state index contributed by atoms with van der Waals surface area (Å²) in [5.41, 5.74) is 5.05. The average molecular weight is 773 g/mol. The Labute approximate surface area is 336 Å². The summed E-state index contributed by atoms with van der Waals surface area (Å²) in [5.74, 6) is 0.000494. The lowest BCUT2D eigenvalue weighted by molar-refractivity contribution is 0.0583. The lowest BCUT2D eigenvalue weighted by Gasteiger charge is -2.34. The number of rotatable bonds is 12. The number of carbonyl (C=O) groups excluding carboxylic acids is 4. The molecule has 2 aliphatic rings. The molecule has 0 saturated carbocycles. The van der Waals surface area contributed by atoms with E-state index in [2.05, 4.69) is 49.6 Å². The van der Waals surface area contributed by atoms with Gasteiger partial charge in [-0.3, -0.25) is 29.0 Å². The second kappa shape index (κ2) is 14.1. The van der Waals surface area contributed by atoms with Gasteiger partial charge in [0.25, 0.3) is 23.6 Å². The van der Waals surface area contributed by atoms with E-state index in [1.54, 1.807) is 14.2 Å². The van der Waals surface area contributed by atoms with Gasteiger partial charge in [0, 0.05) is 48.1 Å². The van der Waals surface area contributed by atoms with Crippen molar-refractivity contribution in [3.63, 3.8) is 0 Å². The summed E-state index contributed by atoms with van der Waals surface area (Å²) >= 11 is 0. The van der Waals surface area contributed by atoms with E-state index >= 15 is 0 Å². The van der Waals surface area contributed by atoms with E-state index in [0.29, 0.717) is 70.7 Å². The minimum absolute atomic E-state index is 0.113. The Morgan fingerprint density at radius 3 is 1.14 bits per heavy atom. The van der Waals surface area contributed by atoms with E-state index in [1.807, 2.05) is 72.8 Å². The van der Waals surface area contributed by atoms with Crippen molar-refractivity contribution >= 4 is 78.1 Å².